The van der Waals surface area contributed by atoms with Gasteiger partial charge in [-0.2, -0.15) is 13.2 Å². The van der Waals surface area contributed by atoms with Gasteiger partial charge in [-0.15, -0.1) is 0 Å². The summed E-state index contributed by atoms with van der Waals surface area (Å²) in [5.41, 5.74) is -1.97. The minimum Gasteiger partial charge on any atom is -0.466 e. The zero-order valence-corrected chi connectivity index (χ0v) is 16.8. The van der Waals surface area contributed by atoms with Gasteiger partial charge in [0.15, 0.2) is 0 Å². The van der Waals surface area contributed by atoms with Gasteiger partial charge in [-0.1, -0.05) is 12.1 Å². The highest BCUT2D eigenvalue weighted by molar-refractivity contribution is 5.99. The van der Waals surface area contributed by atoms with Gasteiger partial charge in [0.2, 0.25) is 0 Å². The minimum absolute atomic E-state index is 0.0762. The topological polar surface area (TPSA) is 73.9 Å². The molecule has 0 saturated carbocycles. The van der Waals surface area contributed by atoms with Crippen LogP contribution in [0, 0.1) is 5.82 Å². The summed E-state index contributed by atoms with van der Waals surface area (Å²) in [6.45, 7) is 2.89. The third kappa shape index (κ3) is 4.64. The molecule has 1 aromatic rings. The number of benzene rings is 1. The van der Waals surface area contributed by atoms with Crippen molar-refractivity contribution in [3.05, 3.63) is 57.7 Å². The van der Waals surface area contributed by atoms with Gasteiger partial charge in [-0.25, -0.2) is 14.0 Å². The number of carbonyl (C=O) groups is 2. The number of carbonyl (C=O) groups excluding carboxylic acids is 2. The van der Waals surface area contributed by atoms with Crippen molar-refractivity contribution in [3.8, 4) is 0 Å². The standard InChI is InChI=1S/C20H21F4NO5/c1-10-14(18(26)29-4)16(12-6-5-7-13(17(12)21)20(22,23)24)15(11(2)25-10)19(27)30-9-8-28-3/h5-7,16,25H,8-9H2,1-4H3. The van der Waals surface area contributed by atoms with Gasteiger partial charge in [0.05, 0.1) is 36.3 Å². The molecule has 0 bridgehead atoms. The number of nitrogens with one attached hydrogen (secondary N) is 1. The second-order valence-corrected chi connectivity index (χ2v) is 6.46. The molecule has 1 atom stereocenters. The van der Waals surface area contributed by atoms with E-state index in [4.69, 9.17) is 14.2 Å². The summed E-state index contributed by atoms with van der Waals surface area (Å²) in [5, 5.41) is 2.81. The van der Waals surface area contributed by atoms with E-state index in [0.29, 0.717) is 6.07 Å². The largest absolute Gasteiger partial charge is 0.466 e. The van der Waals surface area contributed by atoms with Crippen molar-refractivity contribution in [3.63, 3.8) is 0 Å². The quantitative estimate of drug-likeness (QED) is 0.423. The maximum absolute atomic E-state index is 15.0. The van der Waals surface area contributed by atoms with Gasteiger partial charge in [0.25, 0.3) is 0 Å². The lowest BCUT2D eigenvalue weighted by atomic mass is 9.79. The Kier molecular flexibility index (Phi) is 7.25. The summed E-state index contributed by atoms with van der Waals surface area (Å²) in [5.74, 6) is -4.89. The molecule has 1 unspecified atom stereocenters. The van der Waals surface area contributed by atoms with Crippen LogP contribution in [0.4, 0.5) is 17.6 Å². The van der Waals surface area contributed by atoms with Crippen molar-refractivity contribution in [1.29, 1.82) is 0 Å². The first kappa shape index (κ1) is 23.4. The van der Waals surface area contributed by atoms with E-state index >= 15 is 0 Å². The molecule has 1 N–H and O–H groups in total. The summed E-state index contributed by atoms with van der Waals surface area (Å²) in [6.07, 6.45) is -4.96. The van der Waals surface area contributed by atoms with Crippen LogP contribution >= 0.6 is 0 Å². The number of alkyl halides is 3. The fourth-order valence-electron chi connectivity index (χ4n) is 3.24. The van der Waals surface area contributed by atoms with Crippen molar-refractivity contribution in [1.82, 2.24) is 5.32 Å². The second kappa shape index (κ2) is 9.29. The molecule has 6 nitrogen and oxygen atoms in total. The summed E-state index contributed by atoms with van der Waals surface area (Å²) >= 11 is 0. The van der Waals surface area contributed by atoms with E-state index in [1.54, 1.807) is 0 Å². The van der Waals surface area contributed by atoms with Gasteiger partial charge < -0.3 is 19.5 Å². The molecule has 10 heteroatoms. The molecule has 1 heterocycles. The third-order valence-corrected chi connectivity index (χ3v) is 4.55. The molecule has 0 aliphatic carbocycles. The van der Waals surface area contributed by atoms with Crippen LogP contribution in [-0.2, 0) is 30.0 Å². The SMILES string of the molecule is COCCOC(=O)C1=C(C)NC(C)=C(C(=O)OC)C1c1cccc(C(F)(F)F)c1F. The van der Waals surface area contributed by atoms with Crippen molar-refractivity contribution in [2.75, 3.05) is 27.4 Å². The van der Waals surface area contributed by atoms with Crippen LogP contribution in [0.3, 0.4) is 0 Å². The molecule has 1 aliphatic heterocycles. The smallest absolute Gasteiger partial charge is 0.419 e. The van der Waals surface area contributed by atoms with Crippen molar-refractivity contribution in [2.24, 2.45) is 0 Å². The van der Waals surface area contributed by atoms with Crippen LogP contribution in [0.25, 0.3) is 0 Å². The van der Waals surface area contributed by atoms with Crippen molar-refractivity contribution in [2.45, 2.75) is 25.9 Å². The number of esters is 2. The summed E-state index contributed by atoms with van der Waals surface area (Å²) < 4.78 is 69.4. The van der Waals surface area contributed by atoms with E-state index in [2.05, 4.69) is 5.32 Å². The molecule has 0 amide bonds. The van der Waals surface area contributed by atoms with Gasteiger partial charge in [0, 0.05) is 24.1 Å². The first-order chi connectivity index (χ1) is 14.0. The highest BCUT2D eigenvalue weighted by Crippen LogP contribution is 2.42. The van der Waals surface area contributed by atoms with E-state index in [-0.39, 0.29) is 35.8 Å². The van der Waals surface area contributed by atoms with E-state index in [1.165, 1.54) is 21.0 Å². The number of dihydropyridines is 1. The van der Waals surface area contributed by atoms with Crippen molar-refractivity contribution >= 4 is 11.9 Å². The number of allylic oxidation sites excluding steroid dienone is 2. The predicted molar refractivity (Wildman–Crippen MR) is 97.5 cm³/mol. The Morgan fingerprint density at radius 3 is 2.17 bits per heavy atom. The molecule has 0 fully saturated rings. The number of ether oxygens (including phenoxy) is 3. The zero-order valence-electron chi connectivity index (χ0n) is 16.8. The molecule has 2 rings (SSSR count). The molecule has 0 saturated heterocycles. The van der Waals surface area contributed by atoms with E-state index in [1.807, 2.05) is 0 Å². The van der Waals surface area contributed by atoms with E-state index in [0.717, 1.165) is 19.2 Å². The maximum atomic E-state index is 15.0. The Balaban J connectivity index is 2.70. The highest BCUT2D eigenvalue weighted by atomic mass is 19.4. The van der Waals surface area contributed by atoms with Crippen LogP contribution < -0.4 is 5.32 Å². The molecule has 1 aromatic carbocycles. The van der Waals surface area contributed by atoms with Crippen molar-refractivity contribution < 1.29 is 41.4 Å². The average Bonchev–Trinajstić information content (AvgIpc) is 2.66. The Bertz CT molecular complexity index is 905. The second-order valence-electron chi connectivity index (χ2n) is 6.46. The van der Waals surface area contributed by atoms with Crippen LogP contribution in [0.2, 0.25) is 0 Å². The molecule has 0 aromatic heterocycles. The number of methoxy groups -OCH3 is 2. The fourth-order valence-corrected chi connectivity index (χ4v) is 3.24. The summed E-state index contributed by atoms with van der Waals surface area (Å²) in [7, 11) is 2.46. The predicted octanol–water partition coefficient (Wildman–Crippen LogP) is 3.44. The first-order valence-electron chi connectivity index (χ1n) is 8.83. The van der Waals surface area contributed by atoms with Gasteiger partial charge in [-0.05, 0) is 19.9 Å². The Morgan fingerprint density at radius 1 is 1.03 bits per heavy atom. The normalized spacial score (nSPS) is 17.0. The molecule has 0 spiro atoms. The lowest BCUT2D eigenvalue weighted by Gasteiger charge is -2.30. The molecule has 164 valence electrons. The molecule has 0 radical (unpaired) electrons. The highest BCUT2D eigenvalue weighted by Gasteiger charge is 2.42. The number of rotatable bonds is 6. The Labute approximate surface area is 170 Å². The Hall–Kier alpha value is -2.88. The van der Waals surface area contributed by atoms with Crippen LogP contribution in [-0.4, -0.2) is 39.4 Å². The molecule has 30 heavy (non-hydrogen) atoms. The number of hydrogen-bond donors (Lipinski definition) is 1. The molecule has 1 aliphatic rings. The van der Waals surface area contributed by atoms with Crippen LogP contribution in [0.15, 0.2) is 40.7 Å². The lowest BCUT2D eigenvalue weighted by molar-refractivity contribution is -0.141. The number of halogens is 4. The van der Waals surface area contributed by atoms with E-state index < -0.39 is 41.0 Å². The summed E-state index contributed by atoms with van der Waals surface area (Å²) in [6, 6.07) is 2.69. The van der Waals surface area contributed by atoms with Gasteiger partial charge >= 0.3 is 18.1 Å². The monoisotopic (exact) mass is 431 g/mol. The molecular weight excluding hydrogens is 410 g/mol. The number of hydrogen-bond acceptors (Lipinski definition) is 6. The summed E-state index contributed by atoms with van der Waals surface area (Å²) in [4.78, 5) is 25.2. The van der Waals surface area contributed by atoms with Gasteiger partial charge in [0.1, 0.15) is 12.4 Å². The first-order valence-corrected chi connectivity index (χ1v) is 8.83. The zero-order chi connectivity index (χ0) is 22.6. The van der Waals surface area contributed by atoms with Crippen LogP contribution in [0.5, 0.6) is 0 Å². The molecular formula is C20H21F4NO5. The minimum atomic E-state index is -4.96. The maximum Gasteiger partial charge on any atom is 0.419 e. The lowest BCUT2D eigenvalue weighted by Crippen LogP contribution is -2.33. The average molecular weight is 431 g/mol. The van der Waals surface area contributed by atoms with E-state index in [9.17, 15) is 27.2 Å². The third-order valence-electron chi connectivity index (χ3n) is 4.55. The van der Waals surface area contributed by atoms with Gasteiger partial charge in [-0.3, -0.25) is 0 Å². The Morgan fingerprint density at radius 2 is 1.63 bits per heavy atom. The van der Waals surface area contributed by atoms with Crippen LogP contribution in [0.1, 0.15) is 30.9 Å². The fraction of sp³-hybridized carbons (Fsp3) is 0.400.